The zero-order chi connectivity index (χ0) is 33.3. The SMILES string of the molecule is C1=CC(CNc2ccccc2-c2cccc(-c3ccc4c5ccccc5n(-c5ccccc5)c4c3)c2)N=C1c1ccc(-c2ccccc2)cc1. The van der Waals surface area contributed by atoms with E-state index in [-0.39, 0.29) is 6.04 Å². The summed E-state index contributed by atoms with van der Waals surface area (Å²) in [6.07, 6.45) is 4.34. The molecule has 0 spiro atoms. The van der Waals surface area contributed by atoms with Crippen molar-refractivity contribution in [2.45, 2.75) is 6.04 Å². The molecule has 238 valence electrons. The Morgan fingerprint density at radius 1 is 0.480 bits per heavy atom. The van der Waals surface area contributed by atoms with Crippen LogP contribution < -0.4 is 5.32 Å². The van der Waals surface area contributed by atoms with Crippen LogP contribution in [-0.4, -0.2) is 22.9 Å². The number of fused-ring (bicyclic) bond motifs is 3. The van der Waals surface area contributed by atoms with Gasteiger partial charge in [-0.25, -0.2) is 0 Å². The molecule has 0 aliphatic carbocycles. The lowest BCUT2D eigenvalue weighted by Gasteiger charge is -2.15. The van der Waals surface area contributed by atoms with Crippen LogP contribution >= 0.6 is 0 Å². The highest BCUT2D eigenvalue weighted by molar-refractivity contribution is 6.11. The molecule has 0 bridgehead atoms. The van der Waals surface area contributed by atoms with Gasteiger partial charge in [-0.3, -0.25) is 4.99 Å². The quantitative estimate of drug-likeness (QED) is 0.176. The minimum Gasteiger partial charge on any atom is -0.382 e. The van der Waals surface area contributed by atoms with Gasteiger partial charge in [-0.05, 0) is 75.9 Å². The van der Waals surface area contributed by atoms with Crippen LogP contribution in [-0.2, 0) is 0 Å². The van der Waals surface area contributed by atoms with Crippen LogP contribution in [0.4, 0.5) is 5.69 Å². The standard InChI is InChI=1S/C47H35N3/c1-3-12-33(13-4-1)34-22-24-35(25-23-34)44-29-27-39(49-44)32-48-45-20-9-7-18-41(45)38-15-11-14-36(30-38)37-26-28-43-42-19-8-10-21-46(42)50(47(43)31-37)40-16-5-2-6-17-40/h1-31,39,48H,32H2. The highest BCUT2D eigenvalue weighted by Gasteiger charge is 2.16. The first-order chi connectivity index (χ1) is 24.8. The second-order valence-corrected chi connectivity index (χ2v) is 12.8. The molecule has 0 saturated carbocycles. The molecule has 0 fully saturated rings. The predicted molar refractivity (Wildman–Crippen MR) is 211 cm³/mol. The maximum absolute atomic E-state index is 5.04. The Morgan fingerprint density at radius 2 is 1.10 bits per heavy atom. The van der Waals surface area contributed by atoms with Gasteiger partial charge in [0.05, 0.1) is 22.8 Å². The van der Waals surface area contributed by atoms with Gasteiger partial charge < -0.3 is 9.88 Å². The van der Waals surface area contributed by atoms with Crippen molar-refractivity contribution in [3.8, 4) is 39.1 Å². The van der Waals surface area contributed by atoms with Crippen molar-refractivity contribution >= 4 is 33.2 Å². The Morgan fingerprint density at radius 3 is 1.96 bits per heavy atom. The molecule has 2 heterocycles. The maximum Gasteiger partial charge on any atom is 0.0863 e. The topological polar surface area (TPSA) is 29.3 Å². The minimum atomic E-state index is 0.0706. The van der Waals surface area contributed by atoms with Gasteiger partial charge in [-0.2, -0.15) is 0 Å². The number of para-hydroxylation sites is 3. The summed E-state index contributed by atoms with van der Waals surface area (Å²) in [6, 6.07) is 62.9. The monoisotopic (exact) mass is 641 g/mol. The van der Waals surface area contributed by atoms with Crippen molar-refractivity contribution in [3.05, 3.63) is 194 Å². The van der Waals surface area contributed by atoms with E-state index < -0.39 is 0 Å². The normalized spacial score (nSPS) is 13.9. The number of hydrogen-bond acceptors (Lipinski definition) is 2. The summed E-state index contributed by atoms with van der Waals surface area (Å²) in [5.74, 6) is 0. The van der Waals surface area contributed by atoms with Crippen LogP contribution in [0, 0.1) is 0 Å². The largest absolute Gasteiger partial charge is 0.382 e. The highest BCUT2D eigenvalue weighted by atomic mass is 15.0. The van der Waals surface area contributed by atoms with Crippen LogP contribution in [0.15, 0.2) is 193 Å². The van der Waals surface area contributed by atoms with Crippen LogP contribution in [0.3, 0.4) is 0 Å². The number of nitrogens with zero attached hydrogens (tertiary/aromatic N) is 2. The summed E-state index contributed by atoms with van der Waals surface area (Å²) >= 11 is 0. The molecular formula is C47H35N3. The van der Waals surface area contributed by atoms with Crippen molar-refractivity contribution in [2.75, 3.05) is 11.9 Å². The smallest absolute Gasteiger partial charge is 0.0863 e. The van der Waals surface area contributed by atoms with Gasteiger partial charge >= 0.3 is 0 Å². The average Bonchev–Trinajstić information content (AvgIpc) is 3.81. The lowest BCUT2D eigenvalue weighted by molar-refractivity contribution is 0.874. The molecule has 0 radical (unpaired) electrons. The Kier molecular flexibility index (Phi) is 7.64. The Labute approximate surface area is 292 Å². The van der Waals surface area contributed by atoms with E-state index in [9.17, 15) is 0 Å². The van der Waals surface area contributed by atoms with E-state index in [0.29, 0.717) is 0 Å². The fourth-order valence-electron chi connectivity index (χ4n) is 7.19. The van der Waals surface area contributed by atoms with Gasteiger partial charge in [0.15, 0.2) is 0 Å². The summed E-state index contributed by atoms with van der Waals surface area (Å²) in [5, 5.41) is 6.24. The second-order valence-electron chi connectivity index (χ2n) is 12.8. The zero-order valence-corrected chi connectivity index (χ0v) is 27.6. The van der Waals surface area contributed by atoms with E-state index in [2.05, 4.69) is 192 Å². The third-order valence-corrected chi connectivity index (χ3v) is 9.69. The van der Waals surface area contributed by atoms with Gasteiger partial charge in [0, 0.05) is 34.3 Å². The van der Waals surface area contributed by atoms with Crippen molar-refractivity contribution in [3.63, 3.8) is 0 Å². The molecule has 3 nitrogen and oxygen atoms in total. The predicted octanol–water partition coefficient (Wildman–Crippen LogP) is 11.6. The van der Waals surface area contributed by atoms with Crippen molar-refractivity contribution < 1.29 is 0 Å². The lowest BCUT2D eigenvalue weighted by atomic mass is 9.97. The molecule has 1 atom stereocenters. The van der Waals surface area contributed by atoms with E-state index in [4.69, 9.17) is 4.99 Å². The molecule has 1 N–H and O–H groups in total. The lowest BCUT2D eigenvalue weighted by Crippen LogP contribution is -2.15. The second kappa shape index (κ2) is 12.9. The molecule has 1 aliphatic heterocycles. The molecular weight excluding hydrogens is 607 g/mol. The Balaban J connectivity index is 0.974. The maximum atomic E-state index is 5.04. The average molecular weight is 642 g/mol. The summed E-state index contributed by atoms with van der Waals surface area (Å²) in [7, 11) is 0. The van der Waals surface area contributed by atoms with E-state index in [1.807, 2.05) is 6.07 Å². The summed E-state index contributed by atoms with van der Waals surface area (Å²) < 4.78 is 2.38. The van der Waals surface area contributed by atoms with E-state index >= 15 is 0 Å². The number of anilines is 1. The molecule has 7 aromatic carbocycles. The number of hydrogen-bond donors (Lipinski definition) is 1. The van der Waals surface area contributed by atoms with E-state index in [0.717, 1.165) is 23.5 Å². The van der Waals surface area contributed by atoms with Gasteiger partial charge in [0.2, 0.25) is 0 Å². The number of nitrogens with one attached hydrogen (secondary N) is 1. The Hall–Kier alpha value is -6.45. The first-order valence-electron chi connectivity index (χ1n) is 17.2. The number of rotatable bonds is 8. The molecule has 8 aromatic rings. The summed E-state index contributed by atoms with van der Waals surface area (Å²) in [5.41, 5.74) is 14.0. The van der Waals surface area contributed by atoms with E-state index in [1.54, 1.807) is 0 Å². The van der Waals surface area contributed by atoms with Crippen molar-refractivity contribution in [1.82, 2.24) is 4.57 Å². The third-order valence-electron chi connectivity index (χ3n) is 9.69. The molecule has 3 heteroatoms. The molecule has 1 unspecified atom stereocenters. The molecule has 1 aliphatic rings. The third kappa shape index (κ3) is 5.59. The molecule has 0 saturated heterocycles. The fraction of sp³-hybridized carbons (Fsp3) is 0.0426. The minimum absolute atomic E-state index is 0.0706. The van der Waals surface area contributed by atoms with Crippen LogP contribution in [0.5, 0.6) is 0 Å². The van der Waals surface area contributed by atoms with Crippen molar-refractivity contribution in [2.24, 2.45) is 4.99 Å². The number of aliphatic imine (C=N–C) groups is 1. The zero-order valence-electron chi connectivity index (χ0n) is 27.6. The summed E-state index contributed by atoms with van der Waals surface area (Å²) in [4.78, 5) is 5.04. The molecule has 1 aromatic heterocycles. The van der Waals surface area contributed by atoms with E-state index in [1.165, 1.54) is 60.9 Å². The van der Waals surface area contributed by atoms with Gasteiger partial charge in [0.1, 0.15) is 0 Å². The number of allylic oxidation sites excluding steroid dienone is 1. The van der Waals surface area contributed by atoms with Crippen LogP contribution in [0.1, 0.15) is 5.56 Å². The first kappa shape index (κ1) is 29.7. The Bertz CT molecular complexity index is 2520. The van der Waals surface area contributed by atoms with Crippen LogP contribution in [0.25, 0.3) is 60.9 Å². The molecule has 50 heavy (non-hydrogen) atoms. The van der Waals surface area contributed by atoms with Crippen molar-refractivity contribution in [1.29, 1.82) is 0 Å². The number of benzene rings is 7. The van der Waals surface area contributed by atoms with Gasteiger partial charge in [0.25, 0.3) is 0 Å². The van der Waals surface area contributed by atoms with Crippen LogP contribution in [0.2, 0.25) is 0 Å². The summed E-state index contributed by atoms with van der Waals surface area (Å²) in [6.45, 7) is 0.722. The first-order valence-corrected chi connectivity index (χ1v) is 17.2. The molecule has 0 amide bonds. The van der Waals surface area contributed by atoms with Gasteiger partial charge in [-0.15, -0.1) is 0 Å². The fourth-order valence-corrected chi connectivity index (χ4v) is 7.19. The number of aromatic nitrogens is 1. The molecule has 9 rings (SSSR count). The highest BCUT2D eigenvalue weighted by Crippen LogP contribution is 2.36. The van der Waals surface area contributed by atoms with Gasteiger partial charge in [-0.1, -0.05) is 146 Å².